The molecule has 0 saturated heterocycles. The fraction of sp³-hybridized carbons (Fsp3) is 0.375. The molecule has 1 unspecified atom stereocenters. The Hall–Kier alpha value is -1.62. The largest absolute Gasteiger partial charge is 0.467 e. The highest BCUT2D eigenvalue weighted by Gasteiger charge is 2.05. The van der Waals surface area contributed by atoms with Gasteiger partial charge >= 0.3 is 0 Å². The van der Waals surface area contributed by atoms with Crippen molar-refractivity contribution in [3.8, 4) is 0 Å². The van der Waals surface area contributed by atoms with Crippen molar-refractivity contribution in [1.29, 1.82) is 0 Å². The summed E-state index contributed by atoms with van der Waals surface area (Å²) < 4.78 is 10.5. The third-order valence-corrected chi connectivity index (χ3v) is 2.96. The van der Waals surface area contributed by atoms with Crippen LogP contribution in [0.1, 0.15) is 16.9 Å². The maximum atomic E-state index is 9.78. The fourth-order valence-electron chi connectivity index (χ4n) is 1.84. The van der Waals surface area contributed by atoms with Crippen LogP contribution in [0.25, 0.3) is 0 Å². The van der Waals surface area contributed by atoms with Gasteiger partial charge in [-0.2, -0.15) is 0 Å². The molecule has 1 atom stereocenters. The Bertz CT molecular complexity index is 479. The standard InChI is InChI=1S/C16H21NO3/c1-13-4-6-14(7-5-13)9-17-10-15(18)11-19-12-16-3-2-8-20-16/h2-8,15,17-18H,9-12H2,1H3. The number of benzene rings is 1. The highest BCUT2D eigenvalue weighted by molar-refractivity contribution is 5.21. The van der Waals surface area contributed by atoms with Crippen molar-refractivity contribution in [2.45, 2.75) is 26.2 Å². The first-order chi connectivity index (χ1) is 9.74. The molecule has 2 N–H and O–H groups in total. The molecule has 0 radical (unpaired) electrons. The molecule has 108 valence electrons. The second-order valence-corrected chi connectivity index (χ2v) is 4.86. The lowest BCUT2D eigenvalue weighted by molar-refractivity contribution is 0.0226. The zero-order valence-corrected chi connectivity index (χ0v) is 11.7. The molecule has 4 heteroatoms. The van der Waals surface area contributed by atoms with Gasteiger partial charge in [-0.25, -0.2) is 0 Å². The molecule has 1 aromatic carbocycles. The zero-order chi connectivity index (χ0) is 14.2. The first-order valence-corrected chi connectivity index (χ1v) is 6.78. The number of rotatable bonds is 8. The van der Waals surface area contributed by atoms with Gasteiger partial charge in [0, 0.05) is 13.1 Å². The van der Waals surface area contributed by atoms with Gasteiger partial charge in [0.05, 0.1) is 19.0 Å². The lowest BCUT2D eigenvalue weighted by Gasteiger charge is -2.12. The van der Waals surface area contributed by atoms with Crippen LogP contribution in [0.2, 0.25) is 0 Å². The summed E-state index contributed by atoms with van der Waals surface area (Å²) in [5.74, 6) is 0.768. The van der Waals surface area contributed by atoms with Crippen molar-refractivity contribution in [3.63, 3.8) is 0 Å². The van der Waals surface area contributed by atoms with Crippen LogP contribution in [0.3, 0.4) is 0 Å². The van der Waals surface area contributed by atoms with E-state index in [1.165, 1.54) is 11.1 Å². The molecular weight excluding hydrogens is 254 g/mol. The van der Waals surface area contributed by atoms with Gasteiger partial charge < -0.3 is 19.6 Å². The number of aliphatic hydroxyl groups excluding tert-OH is 1. The Morgan fingerprint density at radius 3 is 2.75 bits per heavy atom. The Morgan fingerprint density at radius 1 is 1.25 bits per heavy atom. The lowest BCUT2D eigenvalue weighted by atomic mass is 10.1. The van der Waals surface area contributed by atoms with E-state index >= 15 is 0 Å². The van der Waals surface area contributed by atoms with E-state index < -0.39 is 6.10 Å². The quantitative estimate of drug-likeness (QED) is 0.776. The molecule has 0 aliphatic heterocycles. The number of hydrogen-bond donors (Lipinski definition) is 2. The lowest BCUT2D eigenvalue weighted by Crippen LogP contribution is -2.30. The summed E-state index contributed by atoms with van der Waals surface area (Å²) in [4.78, 5) is 0. The molecular formula is C16H21NO3. The summed E-state index contributed by atoms with van der Waals surface area (Å²) in [6, 6.07) is 12.0. The van der Waals surface area contributed by atoms with E-state index in [9.17, 15) is 5.11 Å². The van der Waals surface area contributed by atoms with E-state index in [-0.39, 0.29) is 0 Å². The van der Waals surface area contributed by atoms with Crippen LogP contribution in [0, 0.1) is 6.92 Å². The highest BCUT2D eigenvalue weighted by Crippen LogP contribution is 2.03. The van der Waals surface area contributed by atoms with Gasteiger partial charge in [0.1, 0.15) is 12.4 Å². The summed E-state index contributed by atoms with van der Waals surface area (Å²) >= 11 is 0. The van der Waals surface area contributed by atoms with Crippen LogP contribution in [0.4, 0.5) is 0 Å². The number of hydrogen-bond acceptors (Lipinski definition) is 4. The monoisotopic (exact) mass is 275 g/mol. The first-order valence-electron chi connectivity index (χ1n) is 6.78. The predicted molar refractivity (Wildman–Crippen MR) is 77.3 cm³/mol. The molecule has 4 nitrogen and oxygen atoms in total. The number of nitrogens with one attached hydrogen (secondary N) is 1. The number of furan rings is 1. The van der Waals surface area contributed by atoms with Crippen LogP contribution in [-0.2, 0) is 17.9 Å². The Balaban J connectivity index is 1.58. The normalized spacial score (nSPS) is 12.5. The molecule has 0 bridgehead atoms. The van der Waals surface area contributed by atoms with Gasteiger partial charge in [0.2, 0.25) is 0 Å². The van der Waals surface area contributed by atoms with Crippen LogP contribution < -0.4 is 5.32 Å². The van der Waals surface area contributed by atoms with E-state index in [2.05, 4.69) is 36.5 Å². The number of ether oxygens (including phenoxy) is 1. The van der Waals surface area contributed by atoms with Crippen molar-refractivity contribution in [1.82, 2.24) is 5.32 Å². The molecule has 2 aromatic rings. The average Bonchev–Trinajstić information content (AvgIpc) is 2.94. The van der Waals surface area contributed by atoms with E-state index in [4.69, 9.17) is 9.15 Å². The third-order valence-electron chi connectivity index (χ3n) is 2.96. The SMILES string of the molecule is Cc1ccc(CNCC(O)COCc2ccco2)cc1. The van der Waals surface area contributed by atoms with Crippen LogP contribution in [0.5, 0.6) is 0 Å². The summed E-state index contributed by atoms with van der Waals surface area (Å²) in [6.07, 6.45) is 1.09. The second kappa shape index (κ2) is 7.85. The van der Waals surface area contributed by atoms with E-state index in [0.29, 0.717) is 19.8 Å². The summed E-state index contributed by atoms with van der Waals surface area (Å²) in [5, 5.41) is 13.0. The van der Waals surface area contributed by atoms with Crippen LogP contribution in [-0.4, -0.2) is 24.4 Å². The van der Waals surface area contributed by atoms with Crippen molar-refractivity contribution >= 4 is 0 Å². The number of aryl methyl sites for hydroxylation is 1. The highest BCUT2D eigenvalue weighted by atomic mass is 16.5. The summed E-state index contributed by atoms with van der Waals surface area (Å²) in [5.41, 5.74) is 2.46. The number of aliphatic hydroxyl groups is 1. The molecule has 2 rings (SSSR count). The van der Waals surface area contributed by atoms with Crippen molar-refractivity contribution < 1.29 is 14.3 Å². The Morgan fingerprint density at radius 2 is 2.05 bits per heavy atom. The van der Waals surface area contributed by atoms with Gasteiger partial charge in [-0.05, 0) is 24.6 Å². The fourth-order valence-corrected chi connectivity index (χ4v) is 1.84. The Kier molecular flexibility index (Phi) is 5.80. The Labute approximate surface area is 119 Å². The van der Waals surface area contributed by atoms with Gasteiger partial charge in [-0.3, -0.25) is 0 Å². The first kappa shape index (κ1) is 14.8. The second-order valence-electron chi connectivity index (χ2n) is 4.86. The summed E-state index contributed by atoms with van der Waals surface area (Å²) in [6.45, 7) is 4.00. The molecule has 0 spiro atoms. The van der Waals surface area contributed by atoms with Crippen molar-refractivity contribution in [2.24, 2.45) is 0 Å². The van der Waals surface area contributed by atoms with Gasteiger partial charge in [0.25, 0.3) is 0 Å². The molecule has 0 saturated carbocycles. The van der Waals surface area contributed by atoms with Crippen LogP contribution in [0.15, 0.2) is 47.1 Å². The minimum atomic E-state index is -0.518. The third kappa shape index (κ3) is 5.17. The molecule has 0 aliphatic carbocycles. The zero-order valence-electron chi connectivity index (χ0n) is 11.7. The molecule has 0 aliphatic rings. The average molecular weight is 275 g/mol. The van der Waals surface area contributed by atoms with Crippen molar-refractivity contribution in [2.75, 3.05) is 13.2 Å². The van der Waals surface area contributed by atoms with Crippen LogP contribution >= 0.6 is 0 Å². The van der Waals surface area contributed by atoms with Gasteiger partial charge in [-0.1, -0.05) is 29.8 Å². The smallest absolute Gasteiger partial charge is 0.129 e. The van der Waals surface area contributed by atoms with E-state index in [0.717, 1.165) is 12.3 Å². The maximum absolute atomic E-state index is 9.78. The molecule has 20 heavy (non-hydrogen) atoms. The van der Waals surface area contributed by atoms with Gasteiger partial charge in [-0.15, -0.1) is 0 Å². The molecule has 0 amide bonds. The minimum Gasteiger partial charge on any atom is -0.467 e. The van der Waals surface area contributed by atoms with E-state index in [1.54, 1.807) is 6.26 Å². The molecule has 1 aromatic heterocycles. The maximum Gasteiger partial charge on any atom is 0.129 e. The summed E-state index contributed by atoms with van der Waals surface area (Å²) in [7, 11) is 0. The van der Waals surface area contributed by atoms with Gasteiger partial charge in [0.15, 0.2) is 0 Å². The molecule has 0 fully saturated rings. The molecule has 1 heterocycles. The van der Waals surface area contributed by atoms with Crippen molar-refractivity contribution in [3.05, 3.63) is 59.5 Å². The van der Waals surface area contributed by atoms with E-state index in [1.807, 2.05) is 12.1 Å². The minimum absolute atomic E-state index is 0.293. The predicted octanol–water partition coefficient (Wildman–Crippen LogP) is 2.26. The topological polar surface area (TPSA) is 54.6 Å².